The van der Waals surface area contributed by atoms with Crippen LogP contribution < -0.4 is 24.4 Å². The van der Waals surface area contributed by atoms with Gasteiger partial charge in [-0.05, 0) is 48.4 Å². The molecule has 0 amide bonds. The SMILES string of the molecule is CCOC(=O)C1=C(c2ccccc2)N=c2s/c(=C\c3ccc4c(c3)OCO4)c(=O)n2C1c1ccc(F)cc1. The molecule has 7 nitrogen and oxygen atoms in total. The highest BCUT2D eigenvalue weighted by Gasteiger charge is 2.35. The average Bonchev–Trinajstić information content (AvgIpc) is 3.52. The number of carbonyl (C=O) groups is 1. The third-order valence-electron chi connectivity index (χ3n) is 6.25. The molecule has 0 spiro atoms. The molecular weight excluding hydrogens is 507 g/mol. The van der Waals surface area contributed by atoms with E-state index in [1.165, 1.54) is 28.0 Å². The van der Waals surface area contributed by atoms with E-state index in [4.69, 9.17) is 19.2 Å². The molecular formula is C29H21FN2O5S. The molecule has 0 aliphatic carbocycles. The van der Waals surface area contributed by atoms with Gasteiger partial charge in [-0.3, -0.25) is 9.36 Å². The second-order valence-electron chi connectivity index (χ2n) is 8.60. The molecule has 1 aromatic heterocycles. The van der Waals surface area contributed by atoms with E-state index >= 15 is 0 Å². The first-order valence-corrected chi connectivity index (χ1v) is 12.8. The maximum Gasteiger partial charge on any atom is 0.338 e. The van der Waals surface area contributed by atoms with Gasteiger partial charge in [-0.15, -0.1) is 0 Å². The van der Waals surface area contributed by atoms with E-state index in [1.54, 1.807) is 37.3 Å². The highest BCUT2D eigenvalue weighted by atomic mass is 32.1. The van der Waals surface area contributed by atoms with E-state index in [0.29, 0.717) is 37.7 Å². The van der Waals surface area contributed by atoms with Crippen LogP contribution in [0.3, 0.4) is 0 Å². The van der Waals surface area contributed by atoms with Gasteiger partial charge in [-0.1, -0.05) is 59.9 Å². The fraction of sp³-hybridized carbons (Fsp3) is 0.138. The first-order chi connectivity index (χ1) is 18.5. The number of hydrogen-bond donors (Lipinski definition) is 0. The Hall–Kier alpha value is -4.50. The number of halogens is 1. The summed E-state index contributed by atoms with van der Waals surface area (Å²) >= 11 is 1.21. The summed E-state index contributed by atoms with van der Waals surface area (Å²) in [7, 11) is 0. The van der Waals surface area contributed by atoms with Crippen molar-refractivity contribution in [2.45, 2.75) is 13.0 Å². The molecule has 0 radical (unpaired) electrons. The minimum absolute atomic E-state index is 0.148. The van der Waals surface area contributed by atoms with Gasteiger partial charge in [0.25, 0.3) is 5.56 Å². The Labute approximate surface area is 220 Å². The van der Waals surface area contributed by atoms with E-state index in [1.807, 2.05) is 36.4 Å². The zero-order valence-electron chi connectivity index (χ0n) is 20.2. The molecule has 1 unspecified atom stereocenters. The molecule has 38 heavy (non-hydrogen) atoms. The number of aromatic nitrogens is 1. The van der Waals surface area contributed by atoms with Crippen LogP contribution in [0, 0.1) is 5.82 Å². The third-order valence-corrected chi connectivity index (χ3v) is 7.24. The molecule has 0 saturated heterocycles. The van der Waals surface area contributed by atoms with Crippen LogP contribution >= 0.6 is 11.3 Å². The number of ether oxygens (including phenoxy) is 3. The Morgan fingerprint density at radius 2 is 1.87 bits per heavy atom. The number of esters is 1. The maximum absolute atomic E-state index is 13.9. The normalized spacial score (nSPS) is 16.3. The number of hydrogen-bond acceptors (Lipinski definition) is 7. The predicted octanol–water partition coefficient (Wildman–Crippen LogP) is 3.80. The molecule has 2 aliphatic rings. The Morgan fingerprint density at radius 1 is 1.11 bits per heavy atom. The number of thiazole rings is 1. The smallest absolute Gasteiger partial charge is 0.338 e. The van der Waals surface area contributed by atoms with Crippen LogP contribution in [0.5, 0.6) is 11.5 Å². The Bertz CT molecular complexity index is 1760. The summed E-state index contributed by atoms with van der Waals surface area (Å²) < 4.78 is 32.1. The van der Waals surface area contributed by atoms with Gasteiger partial charge in [-0.25, -0.2) is 14.2 Å². The molecule has 6 rings (SSSR count). The minimum atomic E-state index is -0.861. The van der Waals surface area contributed by atoms with Crippen molar-refractivity contribution in [3.05, 3.63) is 121 Å². The summed E-state index contributed by atoms with van der Waals surface area (Å²) in [6.07, 6.45) is 1.75. The predicted molar refractivity (Wildman–Crippen MR) is 140 cm³/mol. The first-order valence-electron chi connectivity index (χ1n) is 12.0. The molecule has 9 heteroatoms. The van der Waals surface area contributed by atoms with Crippen molar-refractivity contribution in [3.63, 3.8) is 0 Å². The van der Waals surface area contributed by atoms with E-state index in [9.17, 15) is 14.0 Å². The van der Waals surface area contributed by atoms with Crippen LogP contribution in [0.2, 0.25) is 0 Å². The molecule has 4 aromatic rings. The first kappa shape index (κ1) is 23.9. The molecule has 0 N–H and O–H groups in total. The van der Waals surface area contributed by atoms with Crippen molar-refractivity contribution in [3.8, 4) is 11.5 Å². The van der Waals surface area contributed by atoms with Crippen molar-refractivity contribution in [2.24, 2.45) is 4.99 Å². The number of fused-ring (bicyclic) bond motifs is 2. The van der Waals surface area contributed by atoms with Gasteiger partial charge in [0.15, 0.2) is 16.3 Å². The lowest BCUT2D eigenvalue weighted by Crippen LogP contribution is -2.40. The summed E-state index contributed by atoms with van der Waals surface area (Å²) in [5.74, 6) is 0.238. The zero-order valence-corrected chi connectivity index (χ0v) is 21.0. The highest BCUT2D eigenvalue weighted by Crippen LogP contribution is 2.35. The van der Waals surface area contributed by atoms with E-state index in [-0.39, 0.29) is 24.5 Å². The summed E-state index contributed by atoms with van der Waals surface area (Å²) in [5.41, 5.74) is 2.32. The molecule has 3 heterocycles. The number of benzene rings is 3. The topological polar surface area (TPSA) is 79.1 Å². The molecule has 3 aromatic carbocycles. The number of carbonyl (C=O) groups excluding carboxylic acids is 1. The molecule has 0 bridgehead atoms. The largest absolute Gasteiger partial charge is 0.463 e. The number of nitrogens with zero attached hydrogens (tertiary/aromatic N) is 2. The highest BCUT2D eigenvalue weighted by molar-refractivity contribution is 7.07. The molecule has 1 atom stereocenters. The van der Waals surface area contributed by atoms with Crippen LogP contribution in [-0.4, -0.2) is 23.9 Å². The molecule has 190 valence electrons. The van der Waals surface area contributed by atoms with Crippen LogP contribution in [-0.2, 0) is 9.53 Å². The fourth-order valence-electron chi connectivity index (χ4n) is 4.56. The summed E-state index contributed by atoms with van der Waals surface area (Å²) in [5, 5.41) is 0. The zero-order chi connectivity index (χ0) is 26.2. The van der Waals surface area contributed by atoms with Gasteiger partial charge in [0.05, 0.1) is 28.5 Å². The van der Waals surface area contributed by atoms with Gasteiger partial charge in [0.2, 0.25) is 6.79 Å². The lowest BCUT2D eigenvalue weighted by molar-refractivity contribution is -0.138. The van der Waals surface area contributed by atoms with Crippen LogP contribution in [0.1, 0.15) is 29.7 Å². The van der Waals surface area contributed by atoms with Gasteiger partial charge in [0.1, 0.15) is 5.82 Å². The average molecular weight is 529 g/mol. The van der Waals surface area contributed by atoms with Gasteiger partial charge in [0, 0.05) is 5.56 Å². The number of rotatable bonds is 5. The summed E-state index contributed by atoms with van der Waals surface area (Å²) in [6.45, 7) is 2.01. The Kier molecular flexibility index (Phi) is 6.13. The quantitative estimate of drug-likeness (QED) is 0.368. The second-order valence-corrected chi connectivity index (χ2v) is 9.60. The maximum atomic E-state index is 13.9. The molecule has 2 aliphatic heterocycles. The summed E-state index contributed by atoms with van der Waals surface area (Å²) in [6, 6.07) is 19.6. The second kappa shape index (κ2) is 9.75. The van der Waals surface area contributed by atoms with Crippen molar-refractivity contribution >= 4 is 29.1 Å². The monoisotopic (exact) mass is 528 g/mol. The van der Waals surface area contributed by atoms with Gasteiger partial charge < -0.3 is 14.2 Å². The van der Waals surface area contributed by atoms with Crippen molar-refractivity contribution < 1.29 is 23.4 Å². The van der Waals surface area contributed by atoms with Crippen molar-refractivity contribution in [1.29, 1.82) is 0 Å². The van der Waals surface area contributed by atoms with E-state index < -0.39 is 17.8 Å². The van der Waals surface area contributed by atoms with Crippen LogP contribution in [0.15, 0.2) is 88.2 Å². The van der Waals surface area contributed by atoms with Crippen molar-refractivity contribution in [2.75, 3.05) is 13.4 Å². The Morgan fingerprint density at radius 3 is 2.63 bits per heavy atom. The van der Waals surface area contributed by atoms with E-state index in [0.717, 1.165) is 5.56 Å². The minimum Gasteiger partial charge on any atom is -0.463 e. The van der Waals surface area contributed by atoms with Crippen molar-refractivity contribution in [1.82, 2.24) is 4.57 Å². The van der Waals surface area contributed by atoms with E-state index in [2.05, 4.69) is 0 Å². The van der Waals surface area contributed by atoms with Crippen LogP contribution in [0.25, 0.3) is 11.8 Å². The lowest BCUT2D eigenvalue weighted by atomic mass is 9.93. The third kappa shape index (κ3) is 4.20. The van der Waals surface area contributed by atoms with Crippen LogP contribution in [0.4, 0.5) is 4.39 Å². The van der Waals surface area contributed by atoms with Gasteiger partial charge in [-0.2, -0.15) is 0 Å². The molecule has 0 fully saturated rings. The lowest BCUT2D eigenvalue weighted by Gasteiger charge is -2.25. The standard InChI is InChI=1S/C29H21FN2O5S/c1-2-35-28(34)24-25(18-6-4-3-5-7-18)31-29-32(26(24)19-9-11-20(30)12-10-19)27(33)23(38-29)15-17-8-13-21-22(14-17)37-16-36-21/h3-15,26H,2,16H2,1H3/b23-15-. The molecule has 0 saturated carbocycles. The summed E-state index contributed by atoms with van der Waals surface area (Å²) in [4.78, 5) is 32.5. The van der Waals surface area contributed by atoms with Gasteiger partial charge >= 0.3 is 5.97 Å². The fourth-order valence-corrected chi connectivity index (χ4v) is 5.56. The Balaban J connectivity index is 1.61.